The summed E-state index contributed by atoms with van der Waals surface area (Å²) in [6.45, 7) is 2.03. The number of hydrogen-bond acceptors (Lipinski definition) is 6. The van der Waals surface area contributed by atoms with E-state index < -0.39 is 17.1 Å². The number of rotatable bonds is 6. The summed E-state index contributed by atoms with van der Waals surface area (Å²) in [6.07, 6.45) is 0.899. The van der Waals surface area contributed by atoms with E-state index in [0.29, 0.717) is 5.69 Å². The lowest BCUT2D eigenvalue weighted by molar-refractivity contribution is -0.255. The average molecular weight is 356 g/mol. The third kappa shape index (κ3) is 4.71. The molecule has 0 saturated heterocycles. The van der Waals surface area contributed by atoms with Crippen molar-refractivity contribution in [3.05, 3.63) is 57.4 Å². The molecule has 7 nitrogen and oxygen atoms in total. The minimum absolute atomic E-state index is 0.0381. The summed E-state index contributed by atoms with van der Waals surface area (Å²) in [5.41, 5.74) is 0.253. The molecule has 0 atom stereocenters. The molecule has 0 spiro atoms. The van der Waals surface area contributed by atoms with E-state index in [-0.39, 0.29) is 22.2 Å². The van der Waals surface area contributed by atoms with Crippen LogP contribution in [0.3, 0.4) is 0 Å². The van der Waals surface area contributed by atoms with Crippen molar-refractivity contribution in [2.75, 3.05) is 11.1 Å². The molecule has 0 radical (unpaired) electrons. The summed E-state index contributed by atoms with van der Waals surface area (Å²) in [5, 5.41) is 22.7. The summed E-state index contributed by atoms with van der Waals surface area (Å²) < 4.78 is 0. The fourth-order valence-corrected chi connectivity index (χ4v) is 2.79. The van der Waals surface area contributed by atoms with Gasteiger partial charge in [-0.3, -0.25) is 9.59 Å². The monoisotopic (exact) mass is 356 g/mol. The van der Waals surface area contributed by atoms with E-state index in [1.165, 1.54) is 0 Å². The third-order valence-electron chi connectivity index (χ3n) is 3.34. The molecule has 0 aliphatic carbocycles. The van der Waals surface area contributed by atoms with Gasteiger partial charge in [0.2, 0.25) is 5.91 Å². The molecule has 25 heavy (non-hydrogen) atoms. The SMILES string of the molecule is CCc1ccc(NC(=O)CSc2[nH]c(=O)c(C(=O)[O-])cc2C#N)cc1. The highest BCUT2D eigenvalue weighted by Crippen LogP contribution is 2.19. The van der Waals surface area contributed by atoms with Crippen LogP contribution in [0.4, 0.5) is 5.69 Å². The van der Waals surface area contributed by atoms with E-state index in [1.807, 2.05) is 19.1 Å². The van der Waals surface area contributed by atoms with Crippen LogP contribution in [0.25, 0.3) is 0 Å². The second-order valence-electron chi connectivity index (χ2n) is 5.04. The van der Waals surface area contributed by atoms with Gasteiger partial charge in [0.1, 0.15) is 6.07 Å². The first-order valence-corrected chi connectivity index (χ1v) is 8.33. The van der Waals surface area contributed by atoms with E-state index in [2.05, 4.69) is 10.3 Å². The van der Waals surface area contributed by atoms with Crippen LogP contribution in [0.2, 0.25) is 0 Å². The number of nitriles is 1. The predicted octanol–water partition coefficient (Wildman–Crippen LogP) is 0.903. The van der Waals surface area contributed by atoms with Crippen molar-refractivity contribution in [2.24, 2.45) is 0 Å². The molecule has 2 rings (SSSR count). The molecular weight excluding hydrogens is 342 g/mol. The van der Waals surface area contributed by atoms with Crippen molar-refractivity contribution < 1.29 is 14.7 Å². The maximum Gasteiger partial charge on any atom is 0.257 e. The Hall–Kier alpha value is -3.05. The van der Waals surface area contributed by atoms with Gasteiger partial charge in [0.15, 0.2) is 0 Å². The van der Waals surface area contributed by atoms with Crippen LogP contribution in [0.1, 0.15) is 28.4 Å². The number of hydrogen-bond donors (Lipinski definition) is 2. The fraction of sp³-hybridized carbons (Fsp3) is 0.176. The second kappa shape index (κ2) is 8.17. The van der Waals surface area contributed by atoms with Crippen LogP contribution in [0, 0.1) is 11.3 Å². The highest BCUT2D eigenvalue weighted by molar-refractivity contribution is 8.00. The zero-order chi connectivity index (χ0) is 18.4. The van der Waals surface area contributed by atoms with Crippen LogP contribution in [-0.4, -0.2) is 22.6 Å². The number of carboxylic acid groups (broad SMARTS) is 1. The minimum atomic E-state index is -1.66. The second-order valence-corrected chi connectivity index (χ2v) is 6.03. The van der Waals surface area contributed by atoms with Crippen LogP contribution >= 0.6 is 11.8 Å². The molecule has 1 aromatic heterocycles. The summed E-state index contributed by atoms with van der Waals surface area (Å²) in [4.78, 5) is 36.7. The predicted molar refractivity (Wildman–Crippen MR) is 91.3 cm³/mol. The largest absolute Gasteiger partial charge is 0.545 e. The average Bonchev–Trinajstić information content (AvgIpc) is 2.60. The number of thioether (sulfide) groups is 1. The molecule has 1 aromatic carbocycles. The molecule has 8 heteroatoms. The van der Waals surface area contributed by atoms with Gasteiger partial charge in [-0.25, -0.2) is 0 Å². The van der Waals surface area contributed by atoms with Crippen molar-refractivity contribution in [3.63, 3.8) is 0 Å². The molecule has 0 fully saturated rings. The summed E-state index contributed by atoms with van der Waals surface area (Å²) >= 11 is 0.938. The van der Waals surface area contributed by atoms with Gasteiger partial charge in [-0.15, -0.1) is 0 Å². The maximum absolute atomic E-state index is 12.0. The lowest BCUT2D eigenvalue weighted by Crippen LogP contribution is -2.30. The van der Waals surface area contributed by atoms with E-state index in [9.17, 15) is 19.5 Å². The molecule has 1 heterocycles. The molecule has 2 aromatic rings. The van der Waals surface area contributed by atoms with Crippen molar-refractivity contribution in [1.82, 2.24) is 4.98 Å². The van der Waals surface area contributed by atoms with Gasteiger partial charge >= 0.3 is 0 Å². The molecular formula is C17H14N3O4S-. The Morgan fingerprint density at radius 1 is 1.32 bits per heavy atom. The number of H-pyrrole nitrogens is 1. The minimum Gasteiger partial charge on any atom is -0.545 e. The van der Waals surface area contributed by atoms with Crippen LogP contribution < -0.4 is 16.0 Å². The van der Waals surface area contributed by atoms with Crippen molar-refractivity contribution in [1.29, 1.82) is 5.26 Å². The Balaban J connectivity index is 2.06. The maximum atomic E-state index is 12.0. The highest BCUT2D eigenvalue weighted by atomic mass is 32.2. The number of anilines is 1. The van der Waals surface area contributed by atoms with Crippen molar-refractivity contribution in [2.45, 2.75) is 18.4 Å². The Morgan fingerprint density at radius 3 is 2.56 bits per heavy atom. The van der Waals surface area contributed by atoms with Crippen LogP contribution in [-0.2, 0) is 11.2 Å². The van der Waals surface area contributed by atoms with E-state index in [1.54, 1.807) is 18.2 Å². The van der Waals surface area contributed by atoms with Crippen LogP contribution in [0.15, 0.2) is 40.2 Å². The first-order chi connectivity index (χ1) is 11.9. The first-order valence-electron chi connectivity index (χ1n) is 7.35. The van der Waals surface area contributed by atoms with Gasteiger partial charge in [-0.2, -0.15) is 5.26 Å². The summed E-state index contributed by atoms with van der Waals surface area (Å²) in [6, 6.07) is 10.1. The Morgan fingerprint density at radius 2 is 2.00 bits per heavy atom. The van der Waals surface area contributed by atoms with Gasteiger partial charge in [0, 0.05) is 5.69 Å². The fourth-order valence-electron chi connectivity index (χ4n) is 2.02. The number of aryl methyl sites for hydroxylation is 1. The number of amides is 1. The number of nitrogens with zero attached hydrogens (tertiary/aromatic N) is 1. The van der Waals surface area contributed by atoms with Gasteiger partial charge < -0.3 is 20.2 Å². The Labute approximate surface area is 147 Å². The lowest BCUT2D eigenvalue weighted by atomic mass is 10.1. The molecule has 0 aliphatic rings. The molecule has 0 saturated carbocycles. The molecule has 0 aliphatic heterocycles. The lowest BCUT2D eigenvalue weighted by Gasteiger charge is -2.08. The Kier molecular flexibility index (Phi) is 5.98. The van der Waals surface area contributed by atoms with Crippen LogP contribution in [0.5, 0.6) is 0 Å². The number of benzene rings is 1. The number of pyridine rings is 1. The van der Waals surface area contributed by atoms with Gasteiger partial charge in [0.05, 0.1) is 27.9 Å². The highest BCUT2D eigenvalue weighted by Gasteiger charge is 2.12. The number of aromatic amines is 1. The van der Waals surface area contributed by atoms with Gasteiger partial charge in [-0.1, -0.05) is 30.8 Å². The number of aromatic nitrogens is 1. The van der Waals surface area contributed by atoms with Crippen molar-refractivity contribution >= 4 is 29.3 Å². The standard InChI is InChI=1S/C17H15N3O4S/c1-2-10-3-5-12(6-4-10)19-14(21)9-25-16-11(8-18)7-13(17(23)24)15(22)20-16/h3-7H,2,9H2,1H3,(H,19,21)(H,20,22)(H,23,24)/p-1. The topological polar surface area (TPSA) is 126 Å². The van der Waals surface area contributed by atoms with E-state index in [4.69, 9.17) is 5.26 Å². The Bertz CT molecular complexity index is 898. The molecule has 2 N–H and O–H groups in total. The van der Waals surface area contributed by atoms with Gasteiger partial charge in [-0.05, 0) is 30.2 Å². The number of carbonyl (C=O) groups excluding carboxylic acids is 2. The molecule has 0 bridgehead atoms. The number of carbonyl (C=O) groups is 2. The molecule has 0 unspecified atom stereocenters. The normalized spacial score (nSPS) is 10.1. The number of aromatic carboxylic acids is 1. The third-order valence-corrected chi connectivity index (χ3v) is 4.36. The quantitative estimate of drug-likeness (QED) is 0.741. The first kappa shape index (κ1) is 18.3. The van der Waals surface area contributed by atoms with Gasteiger partial charge in [0.25, 0.3) is 5.56 Å². The zero-order valence-corrected chi connectivity index (χ0v) is 14.1. The molecule has 128 valence electrons. The molecule has 1 amide bonds. The number of nitrogens with one attached hydrogen (secondary N) is 2. The zero-order valence-electron chi connectivity index (χ0n) is 13.3. The number of carboxylic acids is 1. The van der Waals surface area contributed by atoms with E-state index >= 15 is 0 Å². The smallest absolute Gasteiger partial charge is 0.257 e. The summed E-state index contributed by atoms with van der Waals surface area (Å²) in [5.74, 6) is -2.03. The summed E-state index contributed by atoms with van der Waals surface area (Å²) in [7, 11) is 0. The van der Waals surface area contributed by atoms with E-state index in [0.717, 1.165) is 29.8 Å². The van der Waals surface area contributed by atoms with Crippen molar-refractivity contribution in [3.8, 4) is 6.07 Å².